The number of thioether (sulfide) groups is 1. The molecule has 1 amide bonds. The minimum Gasteiger partial charge on any atom is -0.383 e. The number of carbonyl (C=O) groups excluding carboxylic acids is 1. The second kappa shape index (κ2) is 8.88. The molecule has 2 heterocycles. The van der Waals surface area contributed by atoms with Gasteiger partial charge in [0.1, 0.15) is 4.70 Å². The first kappa shape index (κ1) is 19.9. The molecule has 6 nitrogen and oxygen atoms in total. The summed E-state index contributed by atoms with van der Waals surface area (Å²) in [4.78, 5) is 29.6. The number of amides is 1. The Balaban J connectivity index is 1.78. The number of hydrogen-bond acceptors (Lipinski definition) is 6. The van der Waals surface area contributed by atoms with E-state index in [9.17, 15) is 9.59 Å². The Labute approximate surface area is 169 Å². The van der Waals surface area contributed by atoms with Crippen LogP contribution in [0.15, 0.2) is 39.6 Å². The average Bonchev–Trinajstić information content (AvgIpc) is 3.12. The Bertz CT molecular complexity index is 1030. The molecule has 0 unspecified atom stereocenters. The van der Waals surface area contributed by atoms with Gasteiger partial charge in [-0.05, 0) is 36.1 Å². The lowest BCUT2D eigenvalue weighted by Gasteiger charge is -2.12. The molecule has 0 spiro atoms. The fraction of sp³-hybridized carbons (Fsp3) is 0.278. The third kappa shape index (κ3) is 4.52. The summed E-state index contributed by atoms with van der Waals surface area (Å²) < 4.78 is 7.26. The molecule has 0 fully saturated rings. The Hall–Kier alpha value is -1.87. The van der Waals surface area contributed by atoms with E-state index in [0.29, 0.717) is 39.2 Å². The lowest BCUT2D eigenvalue weighted by Crippen LogP contribution is -2.25. The molecular weight excluding hydrogens is 406 g/mol. The highest BCUT2D eigenvalue weighted by molar-refractivity contribution is 7.99. The molecule has 0 saturated heterocycles. The van der Waals surface area contributed by atoms with Crippen LogP contribution in [0, 0.1) is 6.92 Å². The maximum atomic E-state index is 12.7. The van der Waals surface area contributed by atoms with Crippen LogP contribution in [0.1, 0.15) is 5.56 Å². The van der Waals surface area contributed by atoms with Crippen molar-refractivity contribution in [3.05, 3.63) is 50.6 Å². The van der Waals surface area contributed by atoms with Crippen LogP contribution in [0.3, 0.4) is 0 Å². The zero-order valence-electron chi connectivity index (χ0n) is 14.8. The first-order valence-corrected chi connectivity index (χ1v) is 10.4. The van der Waals surface area contributed by atoms with E-state index in [4.69, 9.17) is 16.3 Å². The first-order valence-electron chi connectivity index (χ1n) is 8.16. The number of ether oxygens (including phenoxy) is 1. The lowest BCUT2D eigenvalue weighted by molar-refractivity contribution is -0.113. The van der Waals surface area contributed by atoms with Gasteiger partial charge in [0.05, 0.1) is 24.4 Å². The van der Waals surface area contributed by atoms with Crippen molar-refractivity contribution in [3.63, 3.8) is 0 Å². The summed E-state index contributed by atoms with van der Waals surface area (Å²) in [5, 5.41) is 5.78. The number of aromatic nitrogens is 2. The van der Waals surface area contributed by atoms with Gasteiger partial charge in [-0.1, -0.05) is 29.4 Å². The SMILES string of the molecule is COCCn1c(SCC(=O)Nc2cccc(Cl)c2C)nc2ccsc2c1=O. The summed E-state index contributed by atoms with van der Waals surface area (Å²) in [5.41, 5.74) is 2.02. The maximum Gasteiger partial charge on any atom is 0.272 e. The van der Waals surface area contributed by atoms with Crippen LogP contribution < -0.4 is 10.9 Å². The zero-order valence-corrected chi connectivity index (χ0v) is 17.2. The topological polar surface area (TPSA) is 73.2 Å². The quantitative estimate of drug-likeness (QED) is 0.462. The fourth-order valence-corrected chi connectivity index (χ4v) is 4.25. The molecule has 142 valence electrons. The molecule has 1 N–H and O–H groups in total. The van der Waals surface area contributed by atoms with Crippen molar-refractivity contribution in [2.24, 2.45) is 0 Å². The Morgan fingerprint density at radius 2 is 2.22 bits per heavy atom. The number of thiophene rings is 1. The summed E-state index contributed by atoms with van der Waals surface area (Å²) >= 11 is 8.67. The first-order chi connectivity index (χ1) is 13.0. The highest BCUT2D eigenvalue weighted by Crippen LogP contribution is 2.24. The lowest BCUT2D eigenvalue weighted by atomic mass is 10.2. The number of nitrogens with one attached hydrogen (secondary N) is 1. The summed E-state index contributed by atoms with van der Waals surface area (Å²) in [6, 6.07) is 7.16. The Morgan fingerprint density at radius 1 is 1.41 bits per heavy atom. The number of nitrogens with zero attached hydrogens (tertiary/aromatic N) is 2. The molecule has 0 aliphatic heterocycles. The van der Waals surface area contributed by atoms with Gasteiger partial charge in [-0.25, -0.2) is 4.98 Å². The van der Waals surface area contributed by atoms with Gasteiger partial charge in [0, 0.05) is 17.8 Å². The standard InChI is InChI=1S/C18H18ClN3O3S2/c1-11-12(19)4-3-5-13(11)20-15(23)10-27-18-21-14-6-9-26-16(14)17(24)22(18)7-8-25-2/h3-6,9H,7-8,10H2,1-2H3,(H,20,23). The molecule has 0 atom stereocenters. The van der Waals surface area contributed by atoms with Crippen LogP contribution in [-0.2, 0) is 16.1 Å². The predicted molar refractivity (Wildman–Crippen MR) is 111 cm³/mol. The molecule has 0 aliphatic rings. The van der Waals surface area contributed by atoms with Crippen LogP contribution in [0.4, 0.5) is 5.69 Å². The van der Waals surface area contributed by atoms with Crippen molar-refractivity contribution in [1.82, 2.24) is 9.55 Å². The summed E-state index contributed by atoms with van der Waals surface area (Å²) in [5.74, 6) is -0.0654. The van der Waals surface area contributed by atoms with Crippen LogP contribution in [0.25, 0.3) is 10.2 Å². The van der Waals surface area contributed by atoms with Gasteiger partial charge >= 0.3 is 0 Å². The Kier molecular flexibility index (Phi) is 6.54. The molecule has 3 aromatic rings. The van der Waals surface area contributed by atoms with Gasteiger partial charge in [-0.15, -0.1) is 11.3 Å². The van der Waals surface area contributed by atoms with Gasteiger partial charge in [-0.3, -0.25) is 14.2 Å². The second-order valence-corrected chi connectivity index (χ2v) is 7.99. The fourth-order valence-electron chi connectivity index (χ4n) is 2.47. The third-order valence-electron chi connectivity index (χ3n) is 3.92. The smallest absolute Gasteiger partial charge is 0.272 e. The van der Waals surface area contributed by atoms with Crippen molar-refractivity contribution < 1.29 is 9.53 Å². The minimum atomic E-state index is -0.191. The number of benzene rings is 1. The number of rotatable bonds is 7. The van der Waals surface area contributed by atoms with Crippen molar-refractivity contribution in [2.45, 2.75) is 18.6 Å². The maximum absolute atomic E-state index is 12.7. The van der Waals surface area contributed by atoms with E-state index in [-0.39, 0.29) is 17.2 Å². The van der Waals surface area contributed by atoms with Crippen LogP contribution in [0.5, 0.6) is 0 Å². The van der Waals surface area contributed by atoms with E-state index in [1.807, 2.05) is 18.4 Å². The van der Waals surface area contributed by atoms with E-state index in [2.05, 4.69) is 10.3 Å². The van der Waals surface area contributed by atoms with Crippen LogP contribution >= 0.6 is 34.7 Å². The van der Waals surface area contributed by atoms with Crippen molar-refractivity contribution in [1.29, 1.82) is 0 Å². The number of halogens is 1. The van der Waals surface area contributed by atoms with E-state index in [0.717, 1.165) is 5.56 Å². The van der Waals surface area contributed by atoms with E-state index < -0.39 is 0 Å². The normalized spacial score (nSPS) is 11.1. The largest absolute Gasteiger partial charge is 0.383 e. The molecule has 9 heteroatoms. The van der Waals surface area contributed by atoms with Crippen molar-refractivity contribution in [3.8, 4) is 0 Å². The number of carbonyl (C=O) groups is 1. The predicted octanol–water partition coefficient (Wildman–Crippen LogP) is 3.80. The monoisotopic (exact) mass is 423 g/mol. The number of methoxy groups -OCH3 is 1. The molecule has 1 aromatic carbocycles. The minimum absolute atomic E-state index is 0.111. The highest BCUT2D eigenvalue weighted by Gasteiger charge is 2.14. The average molecular weight is 424 g/mol. The molecule has 2 aromatic heterocycles. The van der Waals surface area contributed by atoms with Crippen molar-refractivity contribution in [2.75, 3.05) is 24.8 Å². The van der Waals surface area contributed by atoms with Crippen LogP contribution in [0.2, 0.25) is 5.02 Å². The van der Waals surface area contributed by atoms with Gasteiger partial charge in [0.15, 0.2) is 5.16 Å². The molecule has 3 rings (SSSR count). The van der Waals surface area contributed by atoms with Gasteiger partial charge in [0.25, 0.3) is 5.56 Å². The van der Waals surface area contributed by atoms with Crippen LogP contribution in [-0.4, -0.2) is 34.9 Å². The number of fused-ring (bicyclic) bond motifs is 1. The summed E-state index contributed by atoms with van der Waals surface area (Å²) in [6.45, 7) is 2.62. The number of hydrogen-bond donors (Lipinski definition) is 1. The highest BCUT2D eigenvalue weighted by atomic mass is 35.5. The zero-order chi connectivity index (χ0) is 19.4. The molecule has 0 bridgehead atoms. The molecule has 27 heavy (non-hydrogen) atoms. The van der Waals surface area contributed by atoms with E-state index >= 15 is 0 Å². The Morgan fingerprint density at radius 3 is 3.00 bits per heavy atom. The number of anilines is 1. The van der Waals surface area contributed by atoms with E-state index in [1.54, 1.807) is 29.9 Å². The van der Waals surface area contributed by atoms with Gasteiger partial charge < -0.3 is 10.1 Å². The van der Waals surface area contributed by atoms with Gasteiger partial charge in [-0.2, -0.15) is 0 Å². The van der Waals surface area contributed by atoms with Gasteiger partial charge in [0.2, 0.25) is 5.91 Å². The third-order valence-corrected chi connectivity index (χ3v) is 6.20. The van der Waals surface area contributed by atoms with E-state index in [1.165, 1.54) is 23.1 Å². The molecule has 0 aliphatic carbocycles. The summed E-state index contributed by atoms with van der Waals surface area (Å²) in [7, 11) is 1.58. The summed E-state index contributed by atoms with van der Waals surface area (Å²) in [6.07, 6.45) is 0. The van der Waals surface area contributed by atoms with Crippen molar-refractivity contribution >= 4 is 56.5 Å². The molecule has 0 saturated carbocycles. The molecule has 0 radical (unpaired) electrons. The second-order valence-electron chi connectivity index (χ2n) is 5.73. The molecular formula is C18H18ClN3O3S2.